The summed E-state index contributed by atoms with van der Waals surface area (Å²) < 4.78 is 5.04. The quantitative estimate of drug-likeness (QED) is 0.696. The highest BCUT2D eigenvalue weighted by Gasteiger charge is 2.10. The van der Waals surface area contributed by atoms with Crippen LogP contribution in [0.25, 0.3) is 0 Å². The van der Waals surface area contributed by atoms with E-state index in [1.54, 1.807) is 0 Å². The van der Waals surface area contributed by atoms with E-state index in [1.807, 2.05) is 6.92 Å². The number of nitrogens with two attached hydrogens (primary N) is 1. The Kier molecular flexibility index (Phi) is 3.04. The van der Waals surface area contributed by atoms with Crippen LogP contribution in [0.5, 0.6) is 0 Å². The van der Waals surface area contributed by atoms with Crippen molar-refractivity contribution >= 4 is 6.01 Å². The molecule has 0 aliphatic rings. The monoisotopic (exact) mass is 170 g/mol. The zero-order valence-corrected chi connectivity index (χ0v) is 7.37. The van der Waals surface area contributed by atoms with Crippen LogP contribution in [0.3, 0.4) is 0 Å². The summed E-state index contributed by atoms with van der Waals surface area (Å²) >= 11 is 0. The van der Waals surface area contributed by atoms with Crippen LogP contribution < -0.4 is 11.1 Å². The number of nitrogen functional groups attached to an aromatic ring is 1. The molecular formula is C7H14N4O. The molecule has 1 aromatic rings. The third kappa shape index (κ3) is 2.20. The molecule has 0 saturated carbocycles. The van der Waals surface area contributed by atoms with Crippen molar-refractivity contribution in [2.75, 3.05) is 12.3 Å². The van der Waals surface area contributed by atoms with Gasteiger partial charge in [0.25, 0.3) is 0 Å². The lowest BCUT2D eigenvalue weighted by molar-refractivity contribution is 0.425. The number of nitrogens with zero attached hydrogens (tertiary/aromatic N) is 2. The van der Waals surface area contributed by atoms with E-state index in [0.29, 0.717) is 5.89 Å². The summed E-state index contributed by atoms with van der Waals surface area (Å²) in [4.78, 5) is 0. The predicted molar refractivity (Wildman–Crippen MR) is 45.4 cm³/mol. The Bertz CT molecular complexity index is 235. The first-order valence-electron chi connectivity index (χ1n) is 4.06. The largest absolute Gasteiger partial charge is 0.407 e. The molecule has 1 unspecified atom stereocenters. The van der Waals surface area contributed by atoms with Gasteiger partial charge in [0, 0.05) is 0 Å². The zero-order valence-electron chi connectivity index (χ0n) is 7.37. The minimum Gasteiger partial charge on any atom is -0.407 e. The Morgan fingerprint density at radius 1 is 1.58 bits per heavy atom. The van der Waals surface area contributed by atoms with Crippen molar-refractivity contribution in [2.45, 2.75) is 26.3 Å². The molecule has 0 saturated heterocycles. The van der Waals surface area contributed by atoms with Crippen molar-refractivity contribution in [1.29, 1.82) is 0 Å². The maximum Gasteiger partial charge on any atom is 0.312 e. The van der Waals surface area contributed by atoms with Crippen LogP contribution in [0.2, 0.25) is 0 Å². The van der Waals surface area contributed by atoms with E-state index in [2.05, 4.69) is 22.4 Å². The van der Waals surface area contributed by atoms with Gasteiger partial charge in [-0.25, -0.2) is 0 Å². The van der Waals surface area contributed by atoms with Crippen LogP contribution in [-0.4, -0.2) is 16.7 Å². The van der Waals surface area contributed by atoms with Gasteiger partial charge in [-0.15, -0.1) is 5.10 Å². The molecule has 0 aliphatic heterocycles. The molecule has 1 aromatic heterocycles. The molecule has 0 bridgehead atoms. The zero-order chi connectivity index (χ0) is 8.97. The van der Waals surface area contributed by atoms with Crippen LogP contribution in [0.4, 0.5) is 6.01 Å². The summed E-state index contributed by atoms with van der Waals surface area (Å²) in [6.45, 7) is 4.99. The maximum atomic E-state index is 5.28. The number of rotatable bonds is 4. The molecule has 0 radical (unpaired) electrons. The average molecular weight is 170 g/mol. The van der Waals surface area contributed by atoms with E-state index < -0.39 is 0 Å². The molecule has 1 atom stereocenters. The fourth-order valence-electron chi connectivity index (χ4n) is 0.870. The van der Waals surface area contributed by atoms with E-state index in [0.717, 1.165) is 13.0 Å². The van der Waals surface area contributed by atoms with Crippen molar-refractivity contribution in [3.8, 4) is 0 Å². The summed E-state index contributed by atoms with van der Waals surface area (Å²) in [7, 11) is 0. The van der Waals surface area contributed by atoms with E-state index in [1.165, 1.54) is 0 Å². The maximum absolute atomic E-state index is 5.28. The second-order valence-electron chi connectivity index (χ2n) is 2.65. The lowest BCUT2D eigenvalue weighted by Crippen LogP contribution is -2.19. The van der Waals surface area contributed by atoms with E-state index in [9.17, 15) is 0 Å². The molecule has 12 heavy (non-hydrogen) atoms. The van der Waals surface area contributed by atoms with Gasteiger partial charge in [0.1, 0.15) is 0 Å². The van der Waals surface area contributed by atoms with Crippen LogP contribution in [-0.2, 0) is 0 Å². The number of hydrogen-bond acceptors (Lipinski definition) is 5. The first-order valence-corrected chi connectivity index (χ1v) is 4.06. The summed E-state index contributed by atoms with van der Waals surface area (Å²) in [5.74, 6) is 0.543. The fourth-order valence-corrected chi connectivity index (χ4v) is 0.870. The lowest BCUT2D eigenvalue weighted by Gasteiger charge is -2.06. The number of nitrogens with one attached hydrogen (secondary N) is 1. The molecule has 68 valence electrons. The second-order valence-corrected chi connectivity index (χ2v) is 2.65. The molecule has 3 N–H and O–H groups in total. The topological polar surface area (TPSA) is 77.0 Å². The van der Waals surface area contributed by atoms with Gasteiger partial charge >= 0.3 is 6.01 Å². The summed E-state index contributed by atoms with van der Waals surface area (Å²) in [6, 6.07) is 0.199. The van der Waals surface area contributed by atoms with E-state index in [-0.39, 0.29) is 12.1 Å². The third-order valence-corrected chi connectivity index (χ3v) is 1.53. The number of anilines is 1. The second kappa shape index (κ2) is 4.06. The standard InChI is InChI=1S/C7H14N4O/c1-3-4-9-5(2)6-10-11-7(8)12-6/h5,9H,3-4H2,1-2H3,(H2,8,11). The van der Waals surface area contributed by atoms with E-state index >= 15 is 0 Å². The summed E-state index contributed by atoms with van der Waals surface area (Å²) in [5.41, 5.74) is 5.28. The predicted octanol–water partition coefficient (Wildman–Crippen LogP) is 0.712. The molecule has 0 aromatic carbocycles. The van der Waals surface area contributed by atoms with Gasteiger partial charge in [0.2, 0.25) is 5.89 Å². The number of hydrogen-bond donors (Lipinski definition) is 2. The van der Waals surface area contributed by atoms with Gasteiger partial charge in [-0.05, 0) is 19.9 Å². The Balaban J connectivity index is 2.47. The van der Waals surface area contributed by atoms with Crippen LogP contribution >= 0.6 is 0 Å². The van der Waals surface area contributed by atoms with Gasteiger partial charge in [-0.1, -0.05) is 12.0 Å². The van der Waals surface area contributed by atoms with Gasteiger partial charge in [-0.3, -0.25) is 0 Å². The van der Waals surface area contributed by atoms with Crippen molar-refractivity contribution in [3.05, 3.63) is 5.89 Å². The summed E-state index contributed by atoms with van der Waals surface area (Å²) in [6.07, 6.45) is 1.08. The summed E-state index contributed by atoms with van der Waals surface area (Å²) in [5, 5.41) is 10.5. The molecule has 0 spiro atoms. The number of aromatic nitrogens is 2. The normalized spacial score (nSPS) is 13.2. The highest BCUT2D eigenvalue weighted by atomic mass is 16.4. The highest BCUT2D eigenvalue weighted by molar-refractivity contribution is 5.06. The molecule has 1 rings (SSSR count). The van der Waals surface area contributed by atoms with Crippen LogP contribution in [0.1, 0.15) is 32.2 Å². The van der Waals surface area contributed by atoms with Gasteiger partial charge in [-0.2, -0.15) is 0 Å². The van der Waals surface area contributed by atoms with Gasteiger partial charge < -0.3 is 15.5 Å². The molecule has 1 heterocycles. The van der Waals surface area contributed by atoms with Crippen LogP contribution in [0, 0.1) is 0 Å². The third-order valence-electron chi connectivity index (χ3n) is 1.53. The molecule has 5 heteroatoms. The molecule has 5 nitrogen and oxygen atoms in total. The van der Waals surface area contributed by atoms with Crippen molar-refractivity contribution in [2.24, 2.45) is 0 Å². The molecule has 0 amide bonds. The Morgan fingerprint density at radius 3 is 2.83 bits per heavy atom. The SMILES string of the molecule is CCCNC(C)c1nnc(N)o1. The first kappa shape index (κ1) is 8.99. The Morgan fingerprint density at radius 2 is 2.33 bits per heavy atom. The van der Waals surface area contributed by atoms with E-state index in [4.69, 9.17) is 10.2 Å². The molecule has 0 fully saturated rings. The van der Waals surface area contributed by atoms with Crippen LogP contribution in [0.15, 0.2) is 4.42 Å². The van der Waals surface area contributed by atoms with Gasteiger partial charge in [0.05, 0.1) is 6.04 Å². The fraction of sp³-hybridized carbons (Fsp3) is 0.714. The van der Waals surface area contributed by atoms with Crippen molar-refractivity contribution < 1.29 is 4.42 Å². The minimum atomic E-state index is 0.0785. The van der Waals surface area contributed by atoms with Crippen molar-refractivity contribution in [3.63, 3.8) is 0 Å². The van der Waals surface area contributed by atoms with Gasteiger partial charge in [0.15, 0.2) is 0 Å². The lowest BCUT2D eigenvalue weighted by atomic mass is 10.3. The molecular weight excluding hydrogens is 156 g/mol. The average Bonchev–Trinajstić information content (AvgIpc) is 2.47. The highest BCUT2D eigenvalue weighted by Crippen LogP contribution is 2.10. The Hall–Kier alpha value is -1.10. The molecule has 0 aliphatic carbocycles. The Labute approximate surface area is 71.3 Å². The minimum absolute atomic E-state index is 0.0785. The van der Waals surface area contributed by atoms with Crippen molar-refractivity contribution in [1.82, 2.24) is 15.5 Å². The first-order chi connectivity index (χ1) is 5.74. The smallest absolute Gasteiger partial charge is 0.312 e.